The number of likely N-dealkylation sites (tertiary alicyclic amines) is 1. The molecule has 0 radical (unpaired) electrons. The third-order valence-electron chi connectivity index (χ3n) is 3.31. The summed E-state index contributed by atoms with van der Waals surface area (Å²) >= 11 is 0. The number of piperidine rings is 1. The largest absolute Gasteiger partial charge is 0.443 e. The van der Waals surface area contributed by atoms with E-state index in [0.717, 1.165) is 26.1 Å². The van der Waals surface area contributed by atoms with Crippen molar-refractivity contribution < 1.29 is 14.3 Å². The van der Waals surface area contributed by atoms with E-state index in [0.29, 0.717) is 18.7 Å². The van der Waals surface area contributed by atoms with Crippen LogP contribution in [0.25, 0.3) is 0 Å². The first-order valence-electron chi connectivity index (χ1n) is 5.88. The first-order chi connectivity index (χ1) is 7.69. The number of alkyl carbamates (subject to hydrolysis) is 1. The molecule has 2 heterocycles. The number of ether oxygens (including phenoxy) is 1. The number of rotatable bonds is 3. The van der Waals surface area contributed by atoms with E-state index in [9.17, 15) is 9.59 Å². The number of amides is 1. The molecule has 2 unspecified atom stereocenters. The van der Waals surface area contributed by atoms with Crippen LogP contribution in [0.2, 0.25) is 0 Å². The molecule has 2 aliphatic heterocycles. The van der Waals surface area contributed by atoms with Gasteiger partial charge in [0.05, 0.1) is 6.54 Å². The van der Waals surface area contributed by atoms with Gasteiger partial charge in [0.1, 0.15) is 11.9 Å². The molecule has 1 amide bonds. The second-order valence-electron chi connectivity index (χ2n) is 4.49. The lowest BCUT2D eigenvalue weighted by atomic mass is 9.94. The Kier molecular flexibility index (Phi) is 3.43. The molecule has 0 saturated carbocycles. The average Bonchev–Trinajstić information content (AvgIpc) is 2.67. The number of nitrogens with one attached hydrogen (secondary N) is 1. The molecule has 0 aromatic heterocycles. The monoisotopic (exact) mass is 226 g/mol. The molecular formula is C11H18N2O3. The van der Waals surface area contributed by atoms with Crippen LogP contribution >= 0.6 is 0 Å². The normalized spacial score (nSPS) is 31.3. The highest BCUT2D eigenvalue weighted by molar-refractivity contribution is 5.82. The second-order valence-corrected chi connectivity index (χ2v) is 4.49. The molecule has 16 heavy (non-hydrogen) atoms. The van der Waals surface area contributed by atoms with E-state index in [-0.39, 0.29) is 18.1 Å². The number of Topliss-reactive ketones (excluding diaryl/α,β-unsaturated/α-hetero) is 1. The molecule has 2 rings (SSSR count). The van der Waals surface area contributed by atoms with Crippen LogP contribution in [-0.2, 0) is 9.53 Å². The molecule has 0 aliphatic carbocycles. The Hall–Kier alpha value is -1.10. The van der Waals surface area contributed by atoms with Crippen molar-refractivity contribution in [2.24, 2.45) is 5.92 Å². The fraction of sp³-hybridized carbons (Fsp3) is 0.818. The maximum Gasteiger partial charge on any atom is 0.407 e. The quantitative estimate of drug-likeness (QED) is 0.756. The van der Waals surface area contributed by atoms with Crippen molar-refractivity contribution in [2.75, 3.05) is 26.2 Å². The van der Waals surface area contributed by atoms with Gasteiger partial charge in [-0.3, -0.25) is 9.69 Å². The number of cyclic esters (lactones) is 1. The number of carbonyl (C=O) groups excluding carboxylic acids is 2. The summed E-state index contributed by atoms with van der Waals surface area (Å²) in [6.07, 6.45) is 1.15. The fourth-order valence-corrected chi connectivity index (χ4v) is 2.32. The van der Waals surface area contributed by atoms with Crippen LogP contribution in [0.5, 0.6) is 0 Å². The molecule has 5 nitrogen and oxygen atoms in total. The van der Waals surface area contributed by atoms with Gasteiger partial charge in [-0.25, -0.2) is 4.79 Å². The van der Waals surface area contributed by atoms with Gasteiger partial charge in [0, 0.05) is 32.0 Å². The zero-order valence-corrected chi connectivity index (χ0v) is 9.57. The standard InChI is InChI=1S/C11H18N2O3/c1-2-8-6-13(4-3-10(8)14)7-9-5-12-11(15)16-9/h8-9H,2-7H2,1H3,(H,12,15). The van der Waals surface area contributed by atoms with Crippen molar-refractivity contribution in [1.29, 1.82) is 0 Å². The predicted molar refractivity (Wildman–Crippen MR) is 58.1 cm³/mol. The first kappa shape index (κ1) is 11.4. The van der Waals surface area contributed by atoms with Gasteiger partial charge in [-0.05, 0) is 6.42 Å². The zero-order chi connectivity index (χ0) is 11.5. The van der Waals surface area contributed by atoms with Crippen LogP contribution < -0.4 is 5.32 Å². The second kappa shape index (κ2) is 4.82. The van der Waals surface area contributed by atoms with E-state index < -0.39 is 0 Å². The smallest absolute Gasteiger partial charge is 0.407 e. The van der Waals surface area contributed by atoms with Crippen LogP contribution in [0.1, 0.15) is 19.8 Å². The minimum Gasteiger partial charge on any atom is -0.443 e. The molecule has 0 aromatic carbocycles. The van der Waals surface area contributed by atoms with Gasteiger partial charge in [0.15, 0.2) is 0 Å². The molecule has 0 bridgehead atoms. The van der Waals surface area contributed by atoms with Crippen LogP contribution in [0.15, 0.2) is 0 Å². The summed E-state index contributed by atoms with van der Waals surface area (Å²) in [5.41, 5.74) is 0. The van der Waals surface area contributed by atoms with Gasteiger partial charge in [-0.2, -0.15) is 0 Å². The van der Waals surface area contributed by atoms with Crippen LogP contribution in [0.4, 0.5) is 4.79 Å². The van der Waals surface area contributed by atoms with Gasteiger partial charge in [0.25, 0.3) is 0 Å². The van der Waals surface area contributed by atoms with Gasteiger partial charge in [0.2, 0.25) is 0 Å². The SMILES string of the molecule is CCC1CN(CC2CNC(=O)O2)CCC1=O. The Morgan fingerprint density at radius 2 is 2.31 bits per heavy atom. The van der Waals surface area contributed by atoms with E-state index in [1.54, 1.807) is 0 Å². The van der Waals surface area contributed by atoms with E-state index in [1.165, 1.54) is 0 Å². The lowest BCUT2D eigenvalue weighted by molar-refractivity contribution is -0.126. The van der Waals surface area contributed by atoms with Crippen LogP contribution in [0.3, 0.4) is 0 Å². The number of ketones is 1. The van der Waals surface area contributed by atoms with Gasteiger partial charge in [-0.15, -0.1) is 0 Å². The number of hydrogen-bond donors (Lipinski definition) is 1. The number of hydrogen-bond acceptors (Lipinski definition) is 4. The highest BCUT2D eigenvalue weighted by atomic mass is 16.6. The van der Waals surface area contributed by atoms with Gasteiger partial charge in [-0.1, -0.05) is 6.92 Å². The molecule has 0 spiro atoms. The maximum absolute atomic E-state index is 11.5. The Balaban J connectivity index is 1.82. The Morgan fingerprint density at radius 1 is 1.50 bits per heavy atom. The van der Waals surface area contributed by atoms with E-state index in [4.69, 9.17) is 4.74 Å². The van der Waals surface area contributed by atoms with Gasteiger partial charge >= 0.3 is 6.09 Å². The Morgan fingerprint density at radius 3 is 2.94 bits per heavy atom. The molecule has 0 aromatic rings. The highest BCUT2D eigenvalue weighted by Crippen LogP contribution is 2.17. The molecule has 2 fully saturated rings. The average molecular weight is 226 g/mol. The topological polar surface area (TPSA) is 58.6 Å². The van der Waals surface area contributed by atoms with Crippen molar-refractivity contribution in [3.8, 4) is 0 Å². The zero-order valence-electron chi connectivity index (χ0n) is 9.57. The molecule has 2 saturated heterocycles. The van der Waals surface area contributed by atoms with E-state index >= 15 is 0 Å². The molecule has 2 aliphatic rings. The van der Waals surface area contributed by atoms with Crippen molar-refractivity contribution in [3.63, 3.8) is 0 Å². The number of nitrogens with zero attached hydrogens (tertiary/aromatic N) is 1. The minimum absolute atomic E-state index is 0.0572. The van der Waals surface area contributed by atoms with Crippen molar-refractivity contribution in [3.05, 3.63) is 0 Å². The first-order valence-corrected chi connectivity index (χ1v) is 5.88. The maximum atomic E-state index is 11.5. The summed E-state index contributed by atoms with van der Waals surface area (Å²) in [7, 11) is 0. The van der Waals surface area contributed by atoms with Crippen molar-refractivity contribution in [1.82, 2.24) is 10.2 Å². The lowest BCUT2D eigenvalue weighted by Gasteiger charge is -2.32. The Labute approximate surface area is 95.1 Å². The van der Waals surface area contributed by atoms with Gasteiger partial charge < -0.3 is 10.1 Å². The summed E-state index contributed by atoms with van der Waals surface area (Å²) < 4.78 is 5.08. The van der Waals surface area contributed by atoms with Crippen molar-refractivity contribution >= 4 is 11.9 Å². The van der Waals surface area contributed by atoms with E-state index in [2.05, 4.69) is 10.2 Å². The summed E-state index contributed by atoms with van der Waals surface area (Å²) in [5.74, 6) is 0.541. The summed E-state index contributed by atoms with van der Waals surface area (Å²) in [6.45, 7) is 4.97. The molecule has 1 N–H and O–H groups in total. The predicted octanol–water partition coefficient (Wildman–Crippen LogP) is 0.396. The van der Waals surface area contributed by atoms with Crippen LogP contribution in [0, 0.1) is 5.92 Å². The summed E-state index contributed by atoms with van der Waals surface area (Å²) in [6, 6.07) is 0. The third-order valence-corrected chi connectivity index (χ3v) is 3.31. The van der Waals surface area contributed by atoms with E-state index in [1.807, 2.05) is 6.92 Å². The molecule has 2 atom stereocenters. The number of carbonyl (C=O) groups is 2. The molecule has 90 valence electrons. The summed E-state index contributed by atoms with van der Waals surface area (Å²) in [5, 5.41) is 2.64. The van der Waals surface area contributed by atoms with Crippen LogP contribution in [-0.4, -0.2) is 49.1 Å². The van der Waals surface area contributed by atoms with Crippen molar-refractivity contribution in [2.45, 2.75) is 25.9 Å². The minimum atomic E-state index is -0.329. The highest BCUT2D eigenvalue weighted by Gasteiger charge is 2.30. The Bertz CT molecular complexity index is 293. The lowest BCUT2D eigenvalue weighted by Crippen LogP contribution is -2.44. The molecular weight excluding hydrogens is 208 g/mol. The molecule has 5 heteroatoms. The third kappa shape index (κ3) is 2.52. The fourth-order valence-electron chi connectivity index (χ4n) is 2.32. The summed E-state index contributed by atoms with van der Waals surface area (Å²) in [4.78, 5) is 24.6.